The number of aromatic amines is 1. The molecule has 1 aromatic heterocycles. The van der Waals surface area contributed by atoms with Crippen molar-refractivity contribution in [1.82, 2.24) is 4.98 Å². The molecule has 0 unspecified atom stereocenters. The SMILES string of the molecule is C=Cc1ccc(C=C2C=CC(C=C3C=CC(C=C4C=C=C=N4)=N3)=N2)[nH]1. The maximum Gasteiger partial charge on any atom is 0.0842 e. The number of rotatable bonds is 4. The molecule has 0 amide bonds. The Morgan fingerprint density at radius 3 is 2.16 bits per heavy atom. The molecule has 1 N–H and O–H groups in total. The van der Waals surface area contributed by atoms with Gasteiger partial charge in [-0.25, -0.2) is 9.98 Å². The Morgan fingerprint density at radius 2 is 1.52 bits per heavy atom. The molecule has 4 nitrogen and oxygen atoms in total. The fraction of sp³-hybridized carbons (Fsp3) is 0. The van der Waals surface area contributed by atoms with Crippen LogP contribution < -0.4 is 0 Å². The van der Waals surface area contributed by atoms with Crippen LogP contribution in [-0.4, -0.2) is 22.3 Å². The quantitative estimate of drug-likeness (QED) is 0.809. The first kappa shape index (κ1) is 14.9. The number of aromatic nitrogens is 1. The highest BCUT2D eigenvalue weighted by atomic mass is 14.8. The van der Waals surface area contributed by atoms with Crippen molar-refractivity contribution in [3.8, 4) is 0 Å². The van der Waals surface area contributed by atoms with Crippen LogP contribution in [0.3, 0.4) is 0 Å². The molecule has 0 saturated heterocycles. The molecule has 4 heterocycles. The number of hydrogen-bond donors (Lipinski definition) is 1. The molecular weight excluding hydrogens is 308 g/mol. The maximum atomic E-state index is 4.59. The first-order chi connectivity index (χ1) is 12.3. The molecule has 0 spiro atoms. The van der Waals surface area contributed by atoms with Gasteiger partial charge in [-0.1, -0.05) is 6.58 Å². The van der Waals surface area contributed by atoms with Crippen LogP contribution in [0.2, 0.25) is 0 Å². The molecule has 4 rings (SSSR count). The average molecular weight is 322 g/mol. The minimum Gasteiger partial charge on any atom is -0.355 e. The third kappa shape index (κ3) is 3.46. The second kappa shape index (κ2) is 6.42. The lowest BCUT2D eigenvalue weighted by Gasteiger charge is -1.92. The Labute approximate surface area is 145 Å². The lowest BCUT2D eigenvalue weighted by molar-refractivity contribution is 1.33. The zero-order chi connectivity index (χ0) is 17.1. The molecule has 0 bridgehead atoms. The van der Waals surface area contributed by atoms with E-state index in [1.54, 1.807) is 12.2 Å². The van der Waals surface area contributed by atoms with Crippen molar-refractivity contribution in [1.29, 1.82) is 0 Å². The first-order valence-electron chi connectivity index (χ1n) is 7.83. The summed E-state index contributed by atoms with van der Waals surface area (Å²) in [6.07, 6.45) is 17.3. The zero-order valence-corrected chi connectivity index (χ0v) is 13.4. The van der Waals surface area contributed by atoms with Crippen molar-refractivity contribution in [2.75, 3.05) is 0 Å². The van der Waals surface area contributed by atoms with Crippen LogP contribution in [0.15, 0.2) is 99.0 Å². The molecule has 4 heteroatoms. The largest absolute Gasteiger partial charge is 0.355 e. The Hall–Kier alpha value is -3.71. The molecule has 0 fully saturated rings. The molecular formula is C21H14N4. The Morgan fingerprint density at radius 1 is 0.840 bits per heavy atom. The van der Waals surface area contributed by atoms with Gasteiger partial charge in [-0.3, -0.25) is 0 Å². The summed E-state index contributed by atoms with van der Waals surface area (Å²) < 4.78 is 0. The molecule has 0 aromatic carbocycles. The van der Waals surface area contributed by atoms with Gasteiger partial charge in [0.05, 0.1) is 28.5 Å². The Bertz CT molecular complexity index is 1050. The molecule has 0 atom stereocenters. The van der Waals surface area contributed by atoms with Gasteiger partial charge in [-0.15, -0.1) is 0 Å². The van der Waals surface area contributed by atoms with Gasteiger partial charge in [-0.2, -0.15) is 4.99 Å². The van der Waals surface area contributed by atoms with E-state index < -0.39 is 0 Å². The van der Waals surface area contributed by atoms with Crippen LogP contribution in [0.1, 0.15) is 11.4 Å². The predicted molar refractivity (Wildman–Crippen MR) is 104 cm³/mol. The van der Waals surface area contributed by atoms with Crippen LogP contribution in [0.5, 0.6) is 0 Å². The van der Waals surface area contributed by atoms with Gasteiger partial charge in [0.25, 0.3) is 0 Å². The zero-order valence-electron chi connectivity index (χ0n) is 13.4. The van der Waals surface area contributed by atoms with Gasteiger partial charge in [0.2, 0.25) is 0 Å². The van der Waals surface area contributed by atoms with E-state index in [-0.39, 0.29) is 0 Å². The van der Waals surface area contributed by atoms with E-state index in [2.05, 4.69) is 38.1 Å². The third-order valence-corrected chi connectivity index (χ3v) is 3.68. The second-order valence-corrected chi connectivity index (χ2v) is 5.53. The van der Waals surface area contributed by atoms with Crippen LogP contribution >= 0.6 is 0 Å². The standard InChI is InChI=1S/C21H14N4/c1-2-15-5-6-18(23-15)13-19-9-10-21(25-19)14-20-8-7-17(24-20)12-16-4-3-11-22-16/h2,4-10,12-14,23H,1H2. The van der Waals surface area contributed by atoms with E-state index in [0.717, 1.165) is 39.9 Å². The van der Waals surface area contributed by atoms with E-state index >= 15 is 0 Å². The number of allylic oxidation sites excluding steroid dienone is 7. The minimum atomic E-state index is 0.804. The van der Waals surface area contributed by atoms with Crippen LogP contribution in [0, 0.1) is 0 Å². The van der Waals surface area contributed by atoms with Crippen molar-refractivity contribution < 1.29 is 0 Å². The molecule has 118 valence electrons. The molecule has 0 radical (unpaired) electrons. The number of nitrogens with zero attached hydrogens (tertiary/aromatic N) is 3. The highest BCUT2D eigenvalue weighted by Crippen LogP contribution is 2.18. The van der Waals surface area contributed by atoms with E-state index in [1.165, 1.54) is 0 Å². The van der Waals surface area contributed by atoms with Gasteiger partial charge >= 0.3 is 0 Å². The van der Waals surface area contributed by atoms with E-state index in [9.17, 15) is 0 Å². The number of hydrogen-bond acceptors (Lipinski definition) is 3. The summed E-state index contributed by atoms with van der Waals surface area (Å²) in [5.41, 5.74) is 9.08. The predicted octanol–water partition coefficient (Wildman–Crippen LogP) is 4.18. The fourth-order valence-electron chi connectivity index (χ4n) is 2.51. The Balaban J connectivity index is 1.50. The van der Waals surface area contributed by atoms with E-state index in [0.29, 0.717) is 0 Å². The van der Waals surface area contributed by atoms with Gasteiger partial charge < -0.3 is 4.98 Å². The smallest absolute Gasteiger partial charge is 0.0842 e. The van der Waals surface area contributed by atoms with Crippen molar-refractivity contribution in [3.63, 3.8) is 0 Å². The van der Waals surface area contributed by atoms with Crippen LogP contribution in [0.25, 0.3) is 12.2 Å². The van der Waals surface area contributed by atoms with Crippen LogP contribution in [-0.2, 0) is 0 Å². The number of aliphatic imine (C=N–C) groups is 3. The summed E-state index contributed by atoms with van der Waals surface area (Å²) in [5, 5.41) is 0. The number of nitrogens with one attached hydrogen (secondary N) is 1. The lowest BCUT2D eigenvalue weighted by Crippen LogP contribution is -1.86. The van der Waals surface area contributed by atoms with Crippen molar-refractivity contribution in [2.45, 2.75) is 0 Å². The summed E-state index contributed by atoms with van der Waals surface area (Å²) >= 11 is 0. The lowest BCUT2D eigenvalue weighted by atomic mass is 10.2. The van der Waals surface area contributed by atoms with Crippen molar-refractivity contribution in [2.24, 2.45) is 15.0 Å². The average Bonchev–Trinajstić information content (AvgIpc) is 3.38. The van der Waals surface area contributed by atoms with E-state index in [1.807, 2.05) is 54.7 Å². The monoisotopic (exact) mass is 322 g/mol. The summed E-state index contributed by atoms with van der Waals surface area (Å²) in [7, 11) is 0. The molecule has 3 aliphatic rings. The normalized spacial score (nSPS) is 22.0. The van der Waals surface area contributed by atoms with Gasteiger partial charge in [0.1, 0.15) is 0 Å². The second-order valence-electron chi connectivity index (χ2n) is 5.53. The van der Waals surface area contributed by atoms with Crippen molar-refractivity contribution in [3.05, 3.63) is 95.5 Å². The molecule has 0 aliphatic carbocycles. The summed E-state index contributed by atoms with van der Waals surface area (Å²) in [6, 6.07) is 3.99. The Kier molecular flexibility index (Phi) is 3.82. The highest BCUT2D eigenvalue weighted by Gasteiger charge is 2.07. The molecule has 1 aromatic rings. The molecule has 25 heavy (non-hydrogen) atoms. The molecule has 3 aliphatic heterocycles. The van der Waals surface area contributed by atoms with Crippen molar-refractivity contribution >= 4 is 29.4 Å². The van der Waals surface area contributed by atoms with Gasteiger partial charge in [0, 0.05) is 23.3 Å². The fourth-order valence-corrected chi connectivity index (χ4v) is 2.51. The summed E-state index contributed by atoms with van der Waals surface area (Å²) in [6.45, 7) is 3.74. The third-order valence-electron chi connectivity index (χ3n) is 3.68. The van der Waals surface area contributed by atoms with Gasteiger partial charge in [0.15, 0.2) is 0 Å². The van der Waals surface area contributed by atoms with Gasteiger partial charge in [-0.05, 0) is 66.5 Å². The molecule has 0 saturated carbocycles. The highest BCUT2D eigenvalue weighted by molar-refractivity contribution is 6.11. The summed E-state index contributed by atoms with van der Waals surface area (Å²) in [4.78, 5) is 16.4. The minimum absolute atomic E-state index is 0.804. The van der Waals surface area contributed by atoms with Crippen LogP contribution in [0.4, 0.5) is 0 Å². The van der Waals surface area contributed by atoms with E-state index in [4.69, 9.17) is 0 Å². The number of H-pyrrole nitrogens is 1. The summed E-state index contributed by atoms with van der Waals surface area (Å²) in [5.74, 6) is 2.66. The maximum absolute atomic E-state index is 4.59. The first-order valence-corrected chi connectivity index (χ1v) is 7.83. The topological polar surface area (TPSA) is 52.9 Å².